The van der Waals surface area contributed by atoms with Crippen molar-refractivity contribution in [3.05, 3.63) is 35.7 Å². The number of aliphatic hydroxyl groups is 2. The minimum absolute atomic E-state index is 0.106. The van der Waals surface area contributed by atoms with E-state index in [9.17, 15) is 10.2 Å². The Balaban J connectivity index is 0.000000806. The number of aryl methyl sites for hydroxylation is 1. The molecule has 0 radical (unpaired) electrons. The Hall–Kier alpha value is -1.40. The summed E-state index contributed by atoms with van der Waals surface area (Å²) in [6, 6.07) is 6.31. The van der Waals surface area contributed by atoms with Crippen LogP contribution in [-0.4, -0.2) is 45.9 Å². The maximum absolute atomic E-state index is 12.4. The smallest absolute Gasteiger partial charge is 0.192 e. The summed E-state index contributed by atoms with van der Waals surface area (Å²) in [5, 5.41) is 25.4. The van der Waals surface area contributed by atoms with Gasteiger partial charge in [-0.3, -0.25) is 0 Å². The van der Waals surface area contributed by atoms with Crippen LogP contribution < -0.4 is 5.32 Å². The fraction of sp³-hybridized carbons (Fsp3) is 0.690. The number of benzene rings is 1. The summed E-state index contributed by atoms with van der Waals surface area (Å²) in [5.74, 6) is 1.82. The zero-order valence-corrected chi connectivity index (χ0v) is 22.4. The van der Waals surface area contributed by atoms with Crippen molar-refractivity contribution in [3.8, 4) is 0 Å². The molecule has 1 heterocycles. The van der Waals surface area contributed by atoms with Crippen LogP contribution in [0, 0.1) is 30.1 Å². The van der Waals surface area contributed by atoms with Gasteiger partial charge in [-0.1, -0.05) is 19.1 Å². The van der Waals surface area contributed by atoms with Crippen LogP contribution in [0.2, 0.25) is 0 Å². The van der Waals surface area contributed by atoms with Crippen molar-refractivity contribution in [1.82, 2.24) is 10.3 Å². The van der Waals surface area contributed by atoms with Crippen molar-refractivity contribution < 1.29 is 14.6 Å². The molecule has 2 aromatic rings. The summed E-state index contributed by atoms with van der Waals surface area (Å²) >= 11 is 7.42. The molecule has 3 N–H and O–H groups in total. The molecule has 0 spiro atoms. The number of nitrogens with zero attached hydrogens (tertiary/aromatic N) is 1. The zero-order chi connectivity index (χ0) is 25.0. The van der Waals surface area contributed by atoms with Crippen LogP contribution in [0.1, 0.15) is 76.2 Å². The normalized spacial score (nSPS) is 40.6. The van der Waals surface area contributed by atoms with Gasteiger partial charge in [-0.15, -0.1) is 11.6 Å². The zero-order valence-electron chi connectivity index (χ0n) is 21.6. The highest BCUT2D eigenvalue weighted by Crippen LogP contribution is 2.67. The minimum Gasteiger partial charge on any atom is -0.441 e. The number of alkyl halides is 1. The quantitative estimate of drug-likeness (QED) is 0.428. The van der Waals surface area contributed by atoms with E-state index < -0.39 is 10.5 Å². The fourth-order valence-corrected chi connectivity index (χ4v) is 8.54. The average molecular weight is 501 g/mol. The minimum atomic E-state index is -0.880. The van der Waals surface area contributed by atoms with Crippen LogP contribution in [-0.2, 0) is 0 Å². The van der Waals surface area contributed by atoms with Crippen molar-refractivity contribution in [3.63, 3.8) is 0 Å². The molecule has 0 bridgehead atoms. The first kappa shape index (κ1) is 25.3. The first-order chi connectivity index (χ1) is 16.6. The summed E-state index contributed by atoms with van der Waals surface area (Å²) in [7, 11) is 3.75. The van der Waals surface area contributed by atoms with E-state index in [0.717, 1.165) is 68.9 Å². The molecule has 1 aromatic carbocycles. The summed E-state index contributed by atoms with van der Waals surface area (Å²) in [4.78, 5) is 3.85. The second-order valence-electron chi connectivity index (χ2n) is 11.9. The summed E-state index contributed by atoms with van der Waals surface area (Å²) in [6.07, 6.45) is 10.2. The monoisotopic (exact) mass is 500 g/mol. The molecular formula is C29H41ClN2O3. The Labute approximate surface area is 214 Å². The van der Waals surface area contributed by atoms with Crippen molar-refractivity contribution in [2.45, 2.75) is 88.2 Å². The molecule has 4 aliphatic rings. The molecule has 6 heteroatoms. The van der Waals surface area contributed by atoms with Gasteiger partial charge in [-0.25, -0.2) is 4.98 Å². The van der Waals surface area contributed by atoms with Gasteiger partial charge in [-0.05, 0) is 112 Å². The lowest BCUT2D eigenvalue weighted by molar-refractivity contribution is -0.118. The van der Waals surface area contributed by atoms with Gasteiger partial charge in [0.1, 0.15) is 5.52 Å². The number of rotatable bonds is 1. The number of nitrogens with one attached hydrogen (secondary N) is 1. The summed E-state index contributed by atoms with van der Waals surface area (Å²) < 4.78 is 5.81. The molecule has 0 saturated heterocycles. The number of oxazole rings is 1. The van der Waals surface area contributed by atoms with Crippen molar-refractivity contribution in [2.75, 3.05) is 14.1 Å². The third-order valence-electron chi connectivity index (χ3n) is 9.74. The maximum atomic E-state index is 12.4. The predicted octanol–water partition coefficient (Wildman–Crippen LogP) is 5.85. The van der Waals surface area contributed by atoms with Crippen LogP contribution in [0.15, 0.2) is 28.7 Å². The lowest BCUT2D eigenvalue weighted by atomic mass is 9.53. The molecular weight excluding hydrogens is 460 g/mol. The first-order valence-corrected chi connectivity index (χ1v) is 13.8. The number of allylic oxidation sites excluding steroid dienone is 2. The van der Waals surface area contributed by atoms with E-state index in [4.69, 9.17) is 16.0 Å². The molecule has 0 amide bonds. The van der Waals surface area contributed by atoms with Crippen LogP contribution >= 0.6 is 11.6 Å². The molecule has 3 fully saturated rings. The van der Waals surface area contributed by atoms with Crippen molar-refractivity contribution >= 4 is 28.3 Å². The van der Waals surface area contributed by atoms with Crippen LogP contribution in [0.3, 0.4) is 0 Å². The molecule has 0 aliphatic heterocycles. The van der Waals surface area contributed by atoms with E-state index >= 15 is 0 Å². The van der Waals surface area contributed by atoms with Crippen molar-refractivity contribution in [2.24, 2.45) is 23.2 Å². The molecule has 7 atom stereocenters. The van der Waals surface area contributed by atoms with Crippen LogP contribution in [0.5, 0.6) is 0 Å². The van der Waals surface area contributed by atoms with Gasteiger partial charge in [0.15, 0.2) is 11.5 Å². The molecule has 6 unspecified atom stereocenters. The predicted molar refractivity (Wildman–Crippen MR) is 141 cm³/mol. The number of hydrogen-bond acceptors (Lipinski definition) is 5. The van der Waals surface area contributed by atoms with Crippen LogP contribution in [0.4, 0.5) is 0 Å². The molecule has 1 aromatic heterocycles. The van der Waals surface area contributed by atoms with Gasteiger partial charge < -0.3 is 19.9 Å². The second-order valence-corrected chi connectivity index (χ2v) is 12.6. The number of aromatic nitrogens is 1. The highest BCUT2D eigenvalue weighted by molar-refractivity contribution is 6.25. The second kappa shape index (κ2) is 9.16. The molecule has 192 valence electrons. The van der Waals surface area contributed by atoms with Crippen LogP contribution in [0.25, 0.3) is 16.7 Å². The summed E-state index contributed by atoms with van der Waals surface area (Å²) in [5.41, 5.74) is 3.23. The Morgan fingerprint density at radius 3 is 2.66 bits per heavy atom. The Bertz CT molecular complexity index is 1110. The van der Waals surface area contributed by atoms with E-state index in [2.05, 4.69) is 35.4 Å². The Kier molecular flexibility index (Phi) is 6.61. The van der Waals surface area contributed by atoms with Gasteiger partial charge in [-0.2, -0.15) is 0 Å². The third kappa shape index (κ3) is 4.07. The van der Waals surface area contributed by atoms with Gasteiger partial charge >= 0.3 is 0 Å². The SMILES string of the molecule is CNC.Cc1nc2ccc(C3=CCC4C3(C)CCC3(Cl)CC5CC(O)CCC5CC[C@]43O)cc2o1. The number of halogens is 1. The lowest BCUT2D eigenvalue weighted by Gasteiger charge is -2.57. The Morgan fingerprint density at radius 1 is 1.11 bits per heavy atom. The topological polar surface area (TPSA) is 78.5 Å². The molecule has 4 aliphatic carbocycles. The first-order valence-electron chi connectivity index (χ1n) is 13.4. The number of fused-ring (bicyclic) bond motifs is 5. The third-order valence-corrected chi connectivity index (χ3v) is 10.4. The standard InChI is InChI=1S/C27H34ClNO3.C2H7N/c1-16-29-22-7-4-18(14-23(22)32-16)21-6-8-24-25(21,2)11-12-26(28)15-19-13-20(30)5-3-17(19)9-10-27(24,26)31;1-3-2/h4,6-7,14,17,19-20,24,30-31H,3,5,8-13,15H2,1-2H3;3H,1-2H3/t17?,19?,20?,24?,25?,26?,27-;/m0./s1. The highest BCUT2D eigenvalue weighted by Gasteiger charge is 2.65. The number of aliphatic hydroxyl groups excluding tert-OH is 1. The largest absolute Gasteiger partial charge is 0.441 e. The average Bonchev–Trinajstić information content (AvgIpc) is 3.32. The molecule has 5 nitrogen and oxygen atoms in total. The Morgan fingerprint density at radius 2 is 1.89 bits per heavy atom. The molecule has 6 rings (SSSR count). The van der Waals surface area contributed by atoms with E-state index in [-0.39, 0.29) is 17.4 Å². The van der Waals surface area contributed by atoms with E-state index in [1.54, 1.807) is 0 Å². The van der Waals surface area contributed by atoms with E-state index in [1.807, 2.05) is 27.1 Å². The molecule has 35 heavy (non-hydrogen) atoms. The van der Waals surface area contributed by atoms with E-state index in [1.165, 1.54) is 11.1 Å². The molecule has 3 saturated carbocycles. The van der Waals surface area contributed by atoms with Gasteiger partial charge in [0.05, 0.1) is 16.6 Å². The van der Waals surface area contributed by atoms with Crippen molar-refractivity contribution in [1.29, 1.82) is 0 Å². The van der Waals surface area contributed by atoms with Gasteiger partial charge in [0, 0.05) is 12.8 Å². The fourth-order valence-electron chi connectivity index (χ4n) is 8.02. The number of hydrogen-bond donors (Lipinski definition) is 3. The highest BCUT2D eigenvalue weighted by atomic mass is 35.5. The lowest BCUT2D eigenvalue weighted by Crippen LogP contribution is -2.62. The summed E-state index contributed by atoms with van der Waals surface area (Å²) in [6.45, 7) is 4.22. The van der Waals surface area contributed by atoms with Gasteiger partial charge in [0.2, 0.25) is 0 Å². The van der Waals surface area contributed by atoms with Gasteiger partial charge in [0.25, 0.3) is 0 Å². The maximum Gasteiger partial charge on any atom is 0.192 e. The van der Waals surface area contributed by atoms with E-state index in [0.29, 0.717) is 17.7 Å².